The molecule has 1 atom stereocenters. The molecule has 0 unspecified atom stereocenters. The predicted molar refractivity (Wildman–Crippen MR) is 150 cm³/mol. The summed E-state index contributed by atoms with van der Waals surface area (Å²) in [6.07, 6.45) is -0.287. The summed E-state index contributed by atoms with van der Waals surface area (Å²) in [5.41, 5.74) is 3.51. The molecule has 1 aliphatic rings. The van der Waals surface area contributed by atoms with Gasteiger partial charge in [-0.1, -0.05) is 70.9 Å². The number of Topliss-reactive ketones (excluding diaryl/α,β-unsaturated/α-hetero) is 1. The number of likely N-dealkylation sites (tertiary alicyclic amines) is 1. The first-order chi connectivity index (χ1) is 18.1. The number of methoxy groups -OCH3 is 1. The molecule has 0 radical (unpaired) electrons. The van der Waals surface area contributed by atoms with Crippen LogP contribution in [0.2, 0.25) is 0 Å². The van der Waals surface area contributed by atoms with Crippen LogP contribution in [0.3, 0.4) is 0 Å². The van der Waals surface area contributed by atoms with Gasteiger partial charge >= 0.3 is 6.18 Å². The minimum atomic E-state index is -4.58. The molecule has 0 spiro atoms. The number of hydrogen-bond acceptors (Lipinski definition) is 3. The molecule has 0 bridgehead atoms. The van der Waals surface area contributed by atoms with Crippen LogP contribution in [0, 0.1) is 6.92 Å². The lowest BCUT2D eigenvalue weighted by molar-refractivity contribution is -0.137. The summed E-state index contributed by atoms with van der Waals surface area (Å²) in [7, 11) is 1.46. The Morgan fingerprint density at radius 2 is 1.84 bits per heavy atom. The number of alkyl halides is 3. The molecule has 200 valence electrons. The molecule has 7 heteroatoms. The molecule has 38 heavy (non-hydrogen) atoms. The maximum absolute atomic E-state index is 14.4. The molecule has 1 aliphatic heterocycles. The van der Waals surface area contributed by atoms with Crippen molar-refractivity contribution in [3.8, 4) is 16.9 Å². The molecule has 1 saturated heterocycles. The lowest BCUT2D eigenvalue weighted by Crippen LogP contribution is -2.43. The van der Waals surface area contributed by atoms with E-state index in [0.717, 1.165) is 41.5 Å². The average molecular weight is 586 g/mol. The van der Waals surface area contributed by atoms with E-state index in [1.807, 2.05) is 60.4 Å². The van der Waals surface area contributed by atoms with Gasteiger partial charge in [0.1, 0.15) is 11.5 Å². The topological polar surface area (TPSA) is 29.5 Å². The fourth-order valence-electron chi connectivity index (χ4n) is 5.18. The van der Waals surface area contributed by atoms with Gasteiger partial charge < -0.3 is 4.74 Å². The van der Waals surface area contributed by atoms with Crippen molar-refractivity contribution in [3.05, 3.63) is 88.5 Å². The first-order valence-corrected chi connectivity index (χ1v) is 13.4. The Kier molecular flexibility index (Phi) is 8.78. The van der Waals surface area contributed by atoms with Gasteiger partial charge in [-0.25, -0.2) is 0 Å². The third kappa shape index (κ3) is 6.21. The summed E-state index contributed by atoms with van der Waals surface area (Å²) in [6.45, 7) is 4.39. The third-order valence-corrected chi connectivity index (χ3v) is 7.84. The number of piperidine rings is 1. The van der Waals surface area contributed by atoms with Crippen LogP contribution in [0.4, 0.5) is 13.2 Å². The highest BCUT2D eigenvalue weighted by atomic mass is 79.9. The predicted octanol–water partition coefficient (Wildman–Crippen LogP) is 8.53. The smallest absolute Gasteiger partial charge is 0.417 e. The molecule has 0 amide bonds. The van der Waals surface area contributed by atoms with Crippen molar-refractivity contribution in [3.63, 3.8) is 0 Å². The Balaban J connectivity index is 1.76. The molecule has 3 aromatic rings. The van der Waals surface area contributed by atoms with E-state index >= 15 is 0 Å². The van der Waals surface area contributed by atoms with Crippen molar-refractivity contribution in [2.75, 3.05) is 13.7 Å². The van der Waals surface area contributed by atoms with Gasteiger partial charge in [-0.3, -0.25) is 9.69 Å². The number of hydrogen-bond donors (Lipinski definition) is 0. The summed E-state index contributed by atoms with van der Waals surface area (Å²) < 4.78 is 48.9. The molecule has 3 nitrogen and oxygen atoms in total. The van der Waals surface area contributed by atoms with Crippen LogP contribution in [-0.2, 0) is 17.5 Å². The van der Waals surface area contributed by atoms with Crippen LogP contribution < -0.4 is 4.74 Å². The summed E-state index contributed by atoms with van der Waals surface area (Å²) in [5, 5.41) is 0. The Hall–Kier alpha value is -2.90. The van der Waals surface area contributed by atoms with Crippen LogP contribution in [0.25, 0.3) is 21.7 Å². The number of benzene rings is 3. The number of carbonyl (C=O) groups is 1. The van der Waals surface area contributed by atoms with E-state index in [1.165, 1.54) is 19.2 Å². The van der Waals surface area contributed by atoms with Gasteiger partial charge in [0.05, 0.1) is 18.7 Å². The molecule has 0 N–H and O–H groups in total. The zero-order chi connectivity index (χ0) is 27.4. The Bertz CT molecular complexity index is 1330. The highest BCUT2D eigenvalue weighted by Gasteiger charge is 2.36. The van der Waals surface area contributed by atoms with E-state index in [-0.39, 0.29) is 23.9 Å². The van der Waals surface area contributed by atoms with Crippen LogP contribution in [0.5, 0.6) is 5.75 Å². The molecule has 3 aromatic carbocycles. The second kappa shape index (κ2) is 11.9. The van der Waals surface area contributed by atoms with E-state index in [9.17, 15) is 18.0 Å². The van der Waals surface area contributed by atoms with Crippen molar-refractivity contribution in [2.45, 2.75) is 51.9 Å². The first-order valence-electron chi connectivity index (χ1n) is 12.7. The molecule has 0 saturated carbocycles. The van der Waals surface area contributed by atoms with Crippen LogP contribution in [0.15, 0.2) is 60.7 Å². The Morgan fingerprint density at radius 1 is 1.11 bits per heavy atom. The highest BCUT2D eigenvalue weighted by molar-refractivity contribution is 9.15. The second-order valence-corrected chi connectivity index (χ2v) is 10.5. The largest absolute Gasteiger partial charge is 0.496 e. The van der Waals surface area contributed by atoms with Gasteiger partial charge in [0.15, 0.2) is 0 Å². The summed E-state index contributed by atoms with van der Waals surface area (Å²) in [6, 6.07) is 18.0. The zero-order valence-corrected chi connectivity index (χ0v) is 23.3. The van der Waals surface area contributed by atoms with Gasteiger partial charge in [0, 0.05) is 22.2 Å². The first kappa shape index (κ1) is 28.1. The van der Waals surface area contributed by atoms with Crippen LogP contribution >= 0.6 is 15.9 Å². The van der Waals surface area contributed by atoms with Gasteiger partial charge in [0.2, 0.25) is 0 Å². The van der Waals surface area contributed by atoms with Crippen molar-refractivity contribution < 1.29 is 22.7 Å². The quantitative estimate of drug-likeness (QED) is 0.260. The van der Waals surface area contributed by atoms with E-state index in [0.29, 0.717) is 22.3 Å². The highest BCUT2D eigenvalue weighted by Crippen LogP contribution is 2.42. The summed E-state index contributed by atoms with van der Waals surface area (Å²) in [4.78, 5) is 14.1. The Morgan fingerprint density at radius 3 is 2.50 bits per heavy atom. The van der Waals surface area contributed by atoms with Crippen LogP contribution in [-0.4, -0.2) is 30.4 Å². The molecule has 4 rings (SSSR count). The molecular formula is C31H31BrF3NO2. The fraction of sp³-hybridized carbons (Fsp3) is 0.323. The lowest BCUT2D eigenvalue weighted by Gasteiger charge is -2.34. The van der Waals surface area contributed by atoms with Gasteiger partial charge in [-0.2, -0.15) is 13.2 Å². The standard InChI is InChI=1S/C31H31BrF3NO2/c1-20-23(12-9-13-25(20)22-10-5-4-6-11-22)17-28(32)26-18-30(38-3)24(16-27(26)31(33,34)35)19-36-15-8-7-14-29(36)21(2)37/h4-6,9-13,16-18,29H,7-8,14-15,19H2,1-3H3/b28-17-/t29-/m0/s1. The van der Waals surface area contributed by atoms with Gasteiger partial charge in [-0.15, -0.1) is 0 Å². The average Bonchev–Trinajstić information content (AvgIpc) is 2.89. The number of carbonyl (C=O) groups excluding carboxylic acids is 1. The molecular weight excluding hydrogens is 555 g/mol. The number of rotatable bonds is 7. The van der Waals surface area contributed by atoms with E-state index in [2.05, 4.69) is 15.9 Å². The van der Waals surface area contributed by atoms with Crippen molar-refractivity contribution in [1.82, 2.24) is 4.90 Å². The number of ketones is 1. The normalized spacial score (nSPS) is 16.9. The fourth-order valence-corrected chi connectivity index (χ4v) is 5.76. The van der Waals surface area contributed by atoms with Crippen LogP contribution in [0.1, 0.15) is 54.0 Å². The van der Waals surface area contributed by atoms with E-state index < -0.39 is 11.7 Å². The lowest BCUT2D eigenvalue weighted by atomic mass is 9.94. The maximum Gasteiger partial charge on any atom is 0.417 e. The van der Waals surface area contributed by atoms with E-state index in [1.54, 1.807) is 13.0 Å². The van der Waals surface area contributed by atoms with Crippen molar-refractivity contribution in [1.29, 1.82) is 0 Å². The monoisotopic (exact) mass is 585 g/mol. The minimum Gasteiger partial charge on any atom is -0.496 e. The number of ether oxygens (including phenoxy) is 1. The molecule has 1 fully saturated rings. The third-order valence-electron chi connectivity index (χ3n) is 7.18. The summed E-state index contributed by atoms with van der Waals surface area (Å²) >= 11 is 3.45. The van der Waals surface area contributed by atoms with Gasteiger partial charge in [0.25, 0.3) is 0 Å². The maximum atomic E-state index is 14.4. The summed E-state index contributed by atoms with van der Waals surface area (Å²) in [5.74, 6) is 0.399. The van der Waals surface area contributed by atoms with Crippen molar-refractivity contribution in [2.24, 2.45) is 0 Å². The van der Waals surface area contributed by atoms with Crippen molar-refractivity contribution >= 4 is 32.3 Å². The second-order valence-electron chi connectivity index (χ2n) is 9.68. The molecule has 0 aromatic heterocycles. The molecule has 1 heterocycles. The molecule has 0 aliphatic carbocycles. The zero-order valence-electron chi connectivity index (χ0n) is 21.7. The Labute approximate surface area is 230 Å². The number of halogens is 4. The van der Waals surface area contributed by atoms with Gasteiger partial charge in [-0.05, 0) is 73.7 Å². The number of nitrogens with zero attached hydrogens (tertiary/aromatic N) is 1. The van der Waals surface area contributed by atoms with E-state index in [4.69, 9.17) is 4.74 Å². The minimum absolute atomic E-state index is 0.00405. The SMILES string of the molecule is COc1cc(/C(Br)=C/c2cccc(-c3ccccc3)c2C)c(C(F)(F)F)cc1CN1CCCC[C@H]1C(C)=O.